The number of carboxylic acids is 2. The van der Waals surface area contributed by atoms with E-state index in [9.17, 15) is 19.8 Å². The minimum atomic E-state index is -2.21. The molecular weight excluding hydrogens is 552 g/mol. The zero-order chi connectivity index (χ0) is 32.1. The van der Waals surface area contributed by atoms with Crippen molar-refractivity contribution in [2.24, 2.45) is 5.41 Å². The van der Waals surface area contributed by atoms with Crippen LogP contribution in [0.4, 0.5) is 0 Å². The van der Waals surface area contributed by atoms with Crippen molar-refractivity contribution in [1.82, 2.24) is 0 Å². The summed E-state index contributed by atoms with van der Waals surface area (Å²) in [7, 11) is 0. The summed E-state index contributed by atoms with van der Waals surface area (Å²) < 4.78 is 50.2. The van der Waals surface area contributed by atoms with Crippen LogP contribution in [-0.4, -0.2) is 99.2 Å². The Hall–Kier alpha value is -1.38. The van der Waals surface area contributed by atoms with E-state index in [-0.39, 0.29) is 72.1 Å². The number of aliphatic carboxylic acids is 2. The van der Waals surface area contributed by atoms with E-state index in [1.165, 1.54) is 0 Å². The van der Waals surface area contributed by atoms with Crippen LogP contribution in [0.5, 0.6) is 0 Å². The van der Waals surface area contributed by atoms with Crippen LogP contribution < -0.4 is 0 Å². The van der Waals surface area contributed by atoms with E-state index >= 15 is 0 Å². The molecule has 0 aliphatic carbocycles. The SMILES string of the molecule is CCCOC(OCC)C(OCC)(OCC)C(CCCCCC(=O)O)(C(=O)O)C(OCC)(OCC)C(OCC)OCCC. The number of unbranched alkanes of at least 4 members (excludes halogenated alkanes) is 2. The van der Waals surface area contributed by atoms with Crippen LogP contribution in [0.25, 0.3) is 0 Å². The molecule has 0 spiro atoms. The van der Waals surface area contributed by atoms with Gasteiger partial charge >= 0.3 is 11.9 Å². The fourth-order valence-electron chi connectivity index (χ4n) is 5.24. The van der Waals surface area contributed by atoms with Gasteiger partial charge in [-0.05, 0) is 67.2 Å². The standard InChI is InChI=1S/C30H58O12/c1-9-22-37-26(35-11-3)29(39-13-5,40-14-6)28(25(33)34,21-19-17-18-20-24(31)32)30(41-15-7,42-16-8)27(36-12-4)38-23-10-2/h26-27H,9-23H2,1-8H3,(H,31,32)(H,33,34). The van der Waals surface area contributed by atoms with Crippen molar-refractivity contribution >= 4 is 11.9 Å². The van der Waals surface area contributed by atoms with Crippen LogP contribution >= 0.6 is 0 Å². The average Bonchev–Trinajstić information content (AvgIpc) is 2.94. The Morgan fingerprint density at radius 3 is 1.26 bits per heavy atom. The van der Waals surface area contributed by atoms with Crippen molar-refractivity contribution in [3.05, 3.63) is 0 Å². The molecule has 0 bridgehead atoms. The molecule has 0 saturated heterocycles. The molecule has 250 valence electrons. The minimum absolute atomic E-state index is 0.0382. The van der Waals surface area contributed by atoms with Gasteiger partial charge in [-0.2, -0.15) is 0 Å². The lowest BCUT2D eigenvalue weighted by Crippen LogP contribution is -2.77. The van der Waals surface area contributed by atoms with E-state index in [2.05, 4.69) is 0 Å². The van der Waals surface area contributed by atoms with E-state index in [0.717, 1.165) is 0 Å². The average molecular weight is 611 g/mol. The third-order valence-corrected chi connectivity index (χ3v) is 6.64. The molecule has 0 aromatic heterocycles. The topological polar surface area (TPSA) is 148 Å². The molecule has 0 aromatic rings. The molecule has 2 N–H and O–H groups in total. The van der Waals surface area contributed by atoms with E-state index in [0.29, 0.717) is 25.7 Å². The molecule has 2 atom stereocenters. The van der Waals surface area contributed by atoms with Crippen LogP contribution in [0.1, 0.15) is 100 Å². The molecule has 0 aromatic carbocycles. The van der Waals surface area contributed by atoms with Crippen molar-refractivity contribution < 1.29 is 57.7 Å². The summed E-state index contributed by atoms with van der Waals surface area (Å²) in [4.78, 5) is 25.3. The third kappa shape index (κ3) is 10.1. The number of carboxylic acid groups (broad SMARTS) is 2. The summed E-state index contributed by atoms with van der Waals surface area (Å²) in [5.74, 6) is -6.51. The van der Waals surface area contributed by atoms with Gasteiger partial charge in [0.05, 0.1) is 0 Å². The van der Waals surface area contributed by atoms with Gasteiger partial charge in [-0.1, -0.05) is 26.7 Å². The predicted octanol–water partition coefficient (Wildman–Crippen LogP) is 5.21. The lowest BCUT2D eigenvalue weighted by atomic mass is 9.66. The van der Waals surface area contributed by atoms with Crippen molar-refractivity contribution in [1.29, 1.82) is 0 Å². The van der Waals surface area contributed by atoms with Gasteiger partial charge in [0.15, 0.2) is 5.41 Å². The van der Waals surface area contributed by atoms with Crippen molar-refractivity contribution in [3.63, 3.8) is 0 Å². The predicted molar refractivity (Wildman–Crippen MR) is 156 cm³/mol. The Kier molecular flexibility index (Phi) is 21.4. The first-order valence-electron chi connectivity index (χ1n) is 15.6. The van der Waals surface area contributed by atoms with Crippen molar-refractivity contribution in [2.75, 3.05) is 52.9 Å². The Bertz CT molecular complexity index is 666. The van der Waals surface area contributed by atoms with E-state index < -0.39 is 41.5 Å². The van der Waals surface area contributed by atoms with Gasteiger partial charge in [0, 0.05) is 59.3 Å². The van der Waals surface area contributed by atoms with Crippen LogP contribution in [0.2, 0.25) is 0 Å². The summed E-state index contributed by atoms with van der Waals surface area (Å²) in [6.45, 7) is 15.3. The second kappa shape index (κ2) is 22.2. The second-order valence-electron chi connectivity index (χ2n) is 9.55. The molecule has 12 nitrogen and oxygen atoms in total. The van der Waals surface area contributed by atoms with Gasteiger partial charge in [0.25, 0.3) is 0 Å². The molecule has 2 unspecified atom stereocenters. The fourth-order valence-corrected chi connectivity index (χ4v) is 5.24. The highest BCUT2D eigenvalue weighted by Crippen LogP contribution is 2.56. The molecular formula is C30H58O12. The lowest BCUT2D eigenvalue weighted by Gasteiger charge is -2.58. The molecule has 0 heterocycles. The number of rotatable bonds is 29. The number of hydrogen-bond donors (Lipinski definition) is 2. The first kappa shape index (κ1) is 40.6. The highest BCUT2D eigenvalue weighted by atomic mass is 16.8. The number of ether oxygens (including phenoxy) is 8. The minimum Gasteiger partial charge on any atom is -0.481 e. The summed E-state index contributed by atoms with van der Waals surface area (Å²) in [6, 6.07) is 0. The van der Waals surface area contributed by atoms with Gasteiger partial charge < -0.3 is 48.1 Å². The van der Waals surface area contributed by atoms with Gasteiger partial charge in [0.2, 0.25) is 24.2 Å². The molecule has 12 heteroatoms. The fraction of sp³-hybridized carbons (Fsp3) is 0.933. The molecule has 0 radical (unpaired) electrons. The first-order valence-corrected chi connectivity index (χ1v) is 15.6. The highest BCUT2D eigenvalue weighted by molar-refractivity contribution is 5.78. The van der Waals surface area contributed by atoms with Crippen LogP contribution in [0.3, 0.4) is 0 Å². The van der Waals surface area contributed by atoms with Crippen LogP contribution in [-0.2, 0) is 47.5 Å². The largest absolute Gasteiger partial charge is 0.481 e. The van der Waals surface area contributed by atoms with E-state index in [1.54, 1.807) is 41.5 Å². The quantitative estimate of drug-likeness (QED) is 0.0846. The van der Waals surface area contributed by atoms with Gasteiger partial charge in [0.1, 0.15) is 0 Å². The highest BCUT2D eigenvalue weighted by Gasteiger charge is 2.77. The summed E-state index contributed by atoms with van der Waals surface area (Å²) in [5, 5.41) is 20.7. The molecule has 0 rings (SSSR count). The molecule has 0 aliphatic heterocycles. The van der Waals surface area contributed by atoms with E-state index in [4.69, 9.17) is 37.9 Å². The molecule has 0 amide bonds. The Balaban J connectivity index is 7.97. The monoisotopic (exact) mass is 610 g/mol. The van der Waals surface area contributed by atoms with Gasteiger partial charge in [-0.15, -0.1) is 0 Å². The van der Waals surface area contributed by atoms with E-state index in [1.807, 2.05) is 13.8 Å². The van der Waals surface area contributed by atoms with Crippen LogP contribution in [0, 0.1) is 5.41 Å². The maximum Gasteiger partial charge on any atom is 0.321 e. The summed E-state index contributed by atoms with van der Waals surface area (Å²) >= 11 is 0. The van der Waals surface area contributed by atoms with Crippen molar-refractivity contribution in [3.8, 4) is 0 Å². The Labute approximate surface area is 252 Å². The molecule has 42 heavy (non-hydrogen) atoms. The first-order chi connectivity index (χ1) is 20.1. The number of carbonyl (C=O) groups is 2. The molecule has 0 fully saturated rings. The lowest BCUT2D eigenvalue weighted by molar-refractivity contribution is -0.467. The molecule has 0 aliphatic rings. The number of hydrogen-bond acceptors (Lipinski definition) is 10. The zero-order valence-electron chi connectivity index (χ0n) is 27.2. The Morgan fingerprint density at radius 2 is 0.976 bits per heavy atom. The summed E-state index contributed by atoms with van der Waals surface area (Å²) in [6.07, 6.45) is -0.534. The third-order valence-electron chi connectivity index (χ3n) is 6.64. The zero-order valence-corrected chi connectivity index (χ0v) is 27.2. The maximum absolute atomic E-state index is 14.1. The maximum atomic E-state index is 14.1. The van der Waals surface area contributed by atoms with Crippen molar-refractivity contribution in [2.45, 2.75) is 124 Å². The smallest absolute Gasteiger partial charge is 0.321 e. The normalized spacial score (nSPS) is 15.3. The summed E-state index contributed by atoms with van der Waals surface area (Å²) in [5.41, 5.74) is -2.21. The molecule has 0 saturated carbocycles. The second-order valence-corrected chi connectivity index (χ2v) is 9.55. The van der Waals surface area contributed by atoms with Crippen LogP contribution in [0.15, 0.2) is 0 Å². The Morgan fingerprint density at radius 1 is 0.571 bits per heavy atom. The van der Waals surface area contributed by atoms with Gasteiger partial charge in [-0.3, -0.25) is 9.59 Å². The van der Waals surface area contributed by atoms with Gasteiger partial charge in [-0.25, -0.2) is 0 Å².